The van der Waals surface area contributed by atoms with Crippen molar-refractivity contribution in [1.82, 2.24) is 10.6 Å². The summed E-state index contributed by atoms with van der Waals surface area (Å²) in [7, 11) is 0. The first kappa shape index (κ1) is 17.8. The molecule has 1 heterocycles. The molecule has 1 unspecified atom stereocenters. The van der Waals surface area contributed by atoms with Gasteiger partial charge in [0.15, 0.2) is 0 Å². The summed E-state index contributed by atoms with van der Waals surface area (Å²) in [5.41, 5.74) is 1.23. The molecule has 118 valence electrons. The maximum Gasteiger partial charge on any atom is 0.237 e. The van der Waals surface area contributed by atoms with Gasteiger partial charge in [-0.15, -0.1) is 12.4 Å². The van der Waals surface area contributed by atoms with Crippen molar-refractivity contribution in [2.45, 2.75) is 38.6 Å². The smallest absolute Gasteiger partial charge is 0.237 e. The highest BCUT2D eigenvalue weighted by Gasteiger charge is 2.19. The zero-order valence-electron chi connectivity index (χ0n) is 12.6. The van der Waals surface area contributed by atoms with Crippen LogP contribution < -0.4 is 15.4 Å². The highest BCUT2D eigenvalue weighted by molar-refractivity contribution is 5.85. The fraction of sp³-hybridized carbons (Fsp3) is 0.562. The summed E-state index contributed by atoms with van der Waals surface area (Å²) < 4.78 is 5.62. The lowest BCUT2D eigenvalue weighted by Gasteiger charge is -2.22. The second kappa shape index (κ2) is 9.64. The van der Waals surface area contributed by atoms with E-state index in [1.165, 1.54) is 12.0 Å². The van der Waals surface area contributed by atoms with E-state index in [2.05, 4.69) is 17.6 Å². The van der Waals surface area contributed by atoms with Crippen LogP contribution in [0.15, 0.2) is 24.3 Å². The van der Waals surface area contributed by atoms with Crippen LogP contribution in [0.5, 0.6) is 5.75 Å². The summed E-state index contributed by atoms with van der Waals surface area (Å²) in [6.45, 7) is 4.30. The van der Waals surface area contributed by atoms with Crippen molar-refractivity contribution in [3.05, 3.63) is 29.8 Å². The van der Waals surface area contributed by atoms with Gasteiger partial charge in [0.1, 0.15) is 5.75 Å². The number of carbonyl (C=O) groups excluding carboxylic acids is 1. The van der Waals surface area contributed by atoms with Crippen molar-refractivity contribution >= 4 is 18.3 Å². The highest BCUT2D eigenvalue weighted by Crippen LogP contribution is 2.11. The summed E-state index contributed by atoms with van der Waals surface area (Å²) in [5, 5.41) is 6.21. The van der Waals surface area contributed by atoms with Crippen molar-refractivity contribution in [1.29, 1.82) is 0 Å². The van der Waals surface area contributed by atoms with Crippen LogP contribution in [-0.2, 0) is 4.79 Å². The number of benzene rings is 1. The quantitative estimate of drug-likeness (QED) is 0.793. The van der Waals surface area contributed by atoms with Crippen molar-refractivity contribution in [2.24, 2.45) is 0 Å². The topological polar surface area (TPSA) is 50.4 Å². The van der Waals surface area contributed by atoms with Crippen molar-refractivity contribution in [3.8, 4) is 5.75 Å². The number of hydrogen-bond donors (Lipinski definition) is 2. The van der Waals surface area contributed by atoms with E-state index < -0.39 is 0 Å². The van der Waals surface area contributed by atoms with Crippen LogP contribution in [0.3, 0.4) is 0 Å². The van der Waals surface area contributed by atoms with Gasteiger partial charge in [0.05, 0.1) is 12.6 Å². The average molecular weight is 313 g/mol. The van der Waals surface area contributed by atoms with Crippen LogP contribution in [0, 0.1) is 6.92 Å². The first-order valence-corrected chi connectivity index (χ1v) is 7.46. The van der Waals surface area contributed by atoms with Crippen molar-refractivity contribution < 1.29 is 9.53 Å². The summed E-state index contributed by atoms with van der Waals surface area (Å²) in [6, 6.07) is 8.01. The number of carbonyl (C=O) groups is 1. The molecule has 0 aliphatic carbocycles. The Morgan fingerprint density at radius 3 is 2.76 bits per heavy atom. The van der Waals surface area contributed by atoms with Gasteiger partial charge in [-0.3, -0.25) is 4.79 Å². The molecule has 0 spiro atoms. The molecule has 0 bridgehead atoms. The highest BCUT2D eigenvalue weighted by atomic mass is 35.5. The molecule has 1 amide bonds. The number of ether oxygens (including phenoxy) is 1. The fourth-order valence-electron chi connectivity index (χ4n) is 2.31. The fourth-order valence-corrected chi connectivity index (χ4v) is 2.31. The molecule has 2 rings (SSSR count). The van der Waals surface area contributed by atoms with Gasteiger partial charge in [0, 0.05) is 6.54 Å². The van der Waals surface area contributed by atoms with E-state index in [0.29, 0.717) is 13.2 Å². The number of aryl methyl sites for hydroxylation is 1. The van der Waals surface area contributed by atoms with E-state index in [9.17, 15) is 4.79 Å². The zero-order chi connectivity index (χ0) is 14.2. The van der Waals surface area contributed by atoms with Gasteiger partial charge in [0.2, 0.25) is 5.91 Å². The first-order valence-electron chi connectivity index (χ1n) is 7.46. The van der Waals surface area contributed by atoms with Gasteiger partial charge in [-0.2, -0.15) is 0 Å². The molecule has 21 heavy (non-hydrogen) atoms. The number of piperidine rings is 1. The molecule has 1 saturated heterocycles. The monoisotopic (exact) mass is 312 g/mol. The molecular formula is C16H25ClN2O2. The van der Waals surface area contributed by atoms with Gasteiger partial charge in [-0.05, 0) is 44.9 Å². The van der Waals surface area contributed by atoms with E-state index in [4.69, 9.17) is 4.74 Å². The molecule has 1 atom stereocenters. The van der Waals surface area contributed by atoms with Gasteiger partial charge >= 0.3 is 0 Å². The largest absolute Gasteiger partial charge is 0.494 e. The minimum Gasteiger partial charge on any atom is -0.494 e. The number of halogens is 1. The number of nitrogens with one attached hydrogen (secondary N) is 2. The van der Waals surface area contributed by atoms with Crippen LogP contribution >= 0.6 is 12.4 Å². The number of rotatable bonds is 6. The molecule has 0 radical (unpaired) electrons. The Bertz CT molecular complexity index is 417. The van der Waals surface area contributed by atoms with Gasteiger partial charge < -0.3 is 15.4 Å². The molecule has 0 aromatic heterocycles. The third kappa shape index (κ3) is 6.36. The maximum atomic E-state index is 11.9. The lowest BCUT2D eigenvalue weighted by molar-refractivity contribution is -0.123. The van der Waals surface area contributed by atoms with Crippen molar-refractivity contribution in [2.75, 3.05) is 19.7 Å². The summed E-state index contributed by atoms with van der Waals surface area (Å²) in [5.74, 6) is 1.01. The maximum absolute atomic E-state index is 11.9. The van der Waals surface area contributed by atoms with E-state index in [0.717, 1.165) is 31.6 Å². The van der Waals surface area contributed by atoms with Gasteiger partial charge in [0.25, 0.3) is 0 Å². The second-order valence-corrected chi connectivity index (χ2v) is 5.31. The van der Waals surface area contributed by atoms with Gasteiger partial charge in [-0.1, -0.05) is 24.1 Å². The standard InChI is InChI=1S/C16H24N2O2.ClH/c1-13-6-8-14(9-7-13)20-12-4-11-18-16(19)15-5-2-3-10-17-15;/h6-9,15,17H,2-5,10-12H2,1H3,(H,18,19);1H. The van der Waals surface area contributed by atoms with E-state index in [-0.39, 0.29) is 24.4 Å². The van der Waals surface area contributed by atoms with E-state index in [1.807, 2.05) is 24.3 Å². The zero-order valence-corrected chi connectivity index (χ0v) is 13.4. The third-order valence-electron chi connectivity index (χ3n) is 3.54. The molecule has 0 saturated carbocycles. The molecule has 1 aliphatic heterocycles. The van der Waals surface area contributed by atoms with E-state index >= 15 is 0 Å². The average Bonchev–Trinajstić information content (AvgIpc) is 2.49. The van der Waals surface area contributed by atoms with Crippen molar-refractivity contribution in [3.63, 3.8) is 0 Å². The normalized spacial score (nSPS) is 17.7. The van der Waals surface area contributed by atoms with Gasteiger partial charge in [-0.25, -0.2) is 0 Å². The second-order valence-electron chi connectivity index (χ2n) is 5.31. The minimum absolute atomic E-state index is 0. The Hall–Kier alpha value is -1.26. The summed E-state index contributed by atoms with van der Waals surface area (Å²) >= 11 is 0. The molecule has 1 fully saturated rings. The third-order valence-corrected chi connectivity index (χ3v) is 3.54. The molecule has 1 aromatic carbocycles. The Morgan fingerprint density at radius 1 is 1.33 bits per heavy atom. The summed E-state index contributed by atoms with van der Waals surface area (Å²) in [6.07, 6.45) is 4.09. The molecule has 1 aliphatic rings. The molecular weight excluding hydrogens is 288 g/mol. The van der Waals surface area contributed by atoms with Crippen LogP contribution in [0.2, 0.25) is 0 Å². The Labute approximate surface area is 133 Å². The molecule has 2 N–H and O–H groups in total. The SMILES string of the molecule is Cc1ccc(OCCCNC(=O)C2CCCCN2)cc1.Cl. The number of amides is 1. The van der Waals surface area contributed by atoms with Crippen LogP contribution in [0.4, 0.5) is 0 Å². The lowest BCUT2D eigenvalue weighted by Crippen LogP contribution is -2.46. The van der Waals surface area contributed by atoms with E-state index in [1.54, 1.807) is 0 Å². The van der Waals surface area contributed by atoms with Crippen LogP contribution in [-0.4, -0.2) is 31.6 Å². The van der Waals surface area contributed by atoms with Crippen LogP contribution in [0.1, 0.15) is 31.2 Å². The summed E-state index contributed by atoms with van der Waals surface area (Å²) in [4.78, 5) is 11.9. The Balaban J connectivity index is 0.00000220. The number of hydrogen-bond acceptors (Lipinski definition) is 3. The Kier molecular flexibility index (Phi) is 8.16. The van der Waals surface area contributed by atoms with Crippen LogP contribution in [0.25, 0.3) is 0 Å². The molecule has 4 nitrogen and oxygen atoms in total. The lowest BCUT2D eigenvalue weighted by atomic mass is 10.0. The predicted molar refractivity (Wildman–Crippen MR) is 87.2 cm³/mol. The Morgan fingerprint density at radius 2 is 2.10 bits per heavy atom. The minimum atomic E-state index is 0. The molecule has 5 heteroatoms. The molecule has 1 aromatic rings. The first-order chi connectivity index (χ1) is 9.75. The predicted octanol–water partition coefficient (Wildman–Crippen LogP) is 2.44.